The van der Waals surface area contributed by atoms with E-state index in [2.05, 4.69) is 22.0 Å². The lowest BCUT2D eigenvalue weighted by molar-refractivity contribution is 0.0425. The average molecular weight is 291 g/mol. The van der Waals surface area contributed by atoms with Crippen LogP contribution in [0, 0.1) is 5.92 Å². The van der Waals surface area contributed by atoms with Crippen molar-refractivity contribution in [3.05, 3.63) is 0 Å². The molecule has 4 aliphatic rings. The van der Waals surface area contributed by atoms with Gasteiger partial charge in [-0.3, -0.25) is 9.80 Å². The zero-order valence-electron chi connectivity index (χ0n) is 13.8. The molecule has 120 valence electrons. The van der Waals surface area contributed by atoms with Gasteiger partial charge in [-0.05, 0) is 57.9 Å². The van der Waals surface area contributed by atoms with E-state index in [-0.39, 0.29) is 0 Å². The van der Waals surface area contributed by atoms with Gasteiger partial charge in [0.15, 0.2) is 0 Å². The van der Waals surface area contributed by atoms with Gasteiger partial charge in [0.05, 0.1) is 0 Å². The van der Waals surface area contributed by atoms with Crippen LogP contribution in [0.25, 0.3) is 0 Å². The standard InChI is InChI=1S/C18H33N3/c1-14-11-20-10-4-6-17(20)13-21(14)12-16-9-8-15-5-2-3-7-18(15)19-16/h14-19H,2-13H2,1H3. The first kappa shape index (κ1) is 14.5. The van der Waals surface area contributed by atoms with E-state index in [9.17, 15) is 0 Å². The van der Waals surface area contributed by atoms with E-state index in [4.69, 9.17) is 0 Å². The van der Waals surface area contributed by atoms with Crippen molar-refractivity contribution in [2.24, 2.45) is 5.92 Å². The van der Waals surface area contributed by atoms with Crippen molar-refractivity contribution >= 4 is 0 Å². The quantitative estimate of drug-likeness (QED) is 0.843. The Balaban J connectivity index is 1.33. The largest absolute Gasteiger partial charge is 0.310 e. The smallest absolute Gasteiger partial charge is 0.0224 e. The molecule has 5 atom stereocenters. The third-order valence-electron chi connectivity index (χ3n) is 6.77. The molecule has 3 saturated heterocycles. The van der Waals surface area contributed by atoms with Gasteiger partial charge in [-0.25, -0.2) is 0 Å². The summed E-state index contributed by atoms with van der Waals surface area (Å²) in [6.45, 7) is 7.74. The molecule has 0 bridgehead atoms. The monoisotopic (exact) mass is 291 g/mol. The fourth-order valence-electron chi connectivity index (χ4n) is 5.50. The summed E-state index contributed by atoms with van der Waals surface area (Å²) in [7, 11) is 0. The van der Waals surface area contributed by atoms with Gasteiger partial charge in [0, 0.05) is 43.8 Å². The Morgan fingerprint density at radius 1 is 0.952 bits per heavy atom. The SMILES string of the molecule is CC1CN2CCCC2CN1CC1CCC2CCCCC2N1. The van der Waals surface area contributed by atoms with E-state index in [0.29, 0.717) is 0 Å². The number of hydrogen-bond donors (Lipinski definition) is 1. The highest BCUT2D eigenvalue weighted by molar-refractivity contribution is 4.95. The Morgan fingerprint density at radius 2 is 1.86 bits per heavy atom. The van der Waals surface area contributed by atoms with Crippen LogP contribution in [0.2, 0.25) is 0 Å². The van der Waals surface area contributed by atoms with Gasteiger partial charge < -0.3 is 5.32 Å². The van der Waals surface area contributed by atoms with Gasteiger partial charge in [0.25, 0.3) is 0 Å². The first-order valence-electron chi connectivity index (χ1n) is 9.54. The van der Waals surface area contributed by atoms with Crippen molar-refractivity contribution < 1.29 is 0 Å². The second kappa shape index (κ2) is 6.17. The predicted molar refractivity (Wildman–Crippen MR) is 87.5 cm³/mol. The molecule has 5 unspecified atom stereocenters. The van der Waals surface area contributed by atoms with Gasteiger partial charge in [0.2, 0.25) is 0 Å². The topological polar surface area (TPSA) is 18.5 Å². The number of fused-ring (bicyclic) bond motifs is 2. The van der Waals surface area contributed by atoms with Gasteiger partial charge in [0.1, 0.15) is 0 Å². The average Bonchev–Trinajstić information content (AvgIpc) is 2.94. The fraction of sp³-hybridized carbons (Fsp3) is 1.00. The maximum absolute atomic E-state index is 4.03. The minimum atomic E-state index is 0.755. The van der Waals surface area contributed by atoms with Crippen molar-refractivity contribution in [3.8, 4) is 0 Å². The summed E-state index contributed by atoms with van der Waals surface area (Å²) >= 11 is 0. The molecule has 3 aliphatic heterocycles. The highest BCUT2D eigenvalue weighted by Gasteiger charge is 2.37. The fourth-order valence-corrected chi connectivity index (χ4v) is 5.50. The van der Waals surface area contributed by atoms with E-state index in [1.165, 1.54) is 77.5 Å². The lowest BCUT2D eigenvalue weighted by Gasteiger charge is -2.46. The molecule has 4 rings (SSSR count). The molecule has 1 aliphatic carbocycles. The third kappa shape index (κ3) is 3.02. The maximum atomic E-state index is 4.03. The van der Waals surface area contributed by atoms with Gasteiger partial charge in [-0.15, -0.1) is 0 Å². The summed E-state index contributed by atoms with van der Waals surface area (Å²) in [5.41, 5.74) is 0. The molecule has 1 saturated carbocycles. The number of piperidine rings is 1. The number of hydrogen-bond acceptors (Lipinski definition) is 3. The molecule has 3 nitrogen and oxygen atoms in total. The Hall–Kier alpha value is -0.120. The molecule has 21 heavy (non-hydrogen) atoms. The zero-order valence-corrected chi connectivity index (χ0v) is 13.8. The van der Waals surface area contributed by atoms with Crippen LogP contribution < -0.4 is 5.32 Å². The molecule has 0 amide bonds. The van der Waals surface area contributed by atoms with Crippen LogP contribution in [-0.2, 0) is 0 Å². The van der Waals surface area contributed by atoms with Gasteiger partial charge in [-0.1, -0.05) is 12.8 Å². The van der Waals surface area contributed by atoms with E-state index in [1.807, 2.05) is 0 Å². The molecule has 0 spiro atoms. The molecular weight excluding hydrogens is 258 g/mol. The van der Waals surface area contributed by atoms with Crippen LogP contribution in [-0.4, -0.2) is 60.1 Å². The summed E-state index contributed by atoms with van der Waals surface area (Å²) in [6, 6.07) is 3.23. The van der Waals surface area contributed by atoms with Crippen molar-refractivity contribution in [2.75, 3.05) is 26.2 Å². The number of piperazine rings is 1. The summed E-state index contributed by atoms with van der Waals surface area (Å²) < 4.78 is 0. The first-order valence-corrected chi connectivity index (χ1v) is 9.54. The van der Waals surface area contributed by atoms with Crippen LogP contribution in [0.15, 0.2) is 0 Å². The molecule has 4 fully saturated rings. The van der Waals surface area contributed by atoms with Gasteiger partial charge in [-0.2, -0.15) is 0 Å². The Morgan fingerprint density at radius 3 is 2.81 bits per heavy atom. The van der Waals surface area contributed by atoms with Crippen LogP contribution in [0.3, 0.4) is 0 Å². The Labute approximate surface area is 130 Å². The van der Waals surface area contributed by atoms with Crippen LogP contribution in [0.4, 0.5) is 0 Å². The number of rotatable bonds is 2. The highest BCUT2D eigenvalue weighted by atomic mass is 15.3. The molecule has 0 radical (unpaired) electrons. The zero-order chi connectivity index (χ0) is 14.2. The number of nitrogens with one attached hydrogen (secondary N) is 1. The van der Waals surface area contributed by atoms with Crippen LogP contribution in [0.5, 0.6) is 0 Å². The third-order valence-corrected chi connectivity index (χ3v) is 6.77. The molecule has 3 heterocycles. The van der Waals surface area contributed by atoms with E-state index < -0.39 is 0 Å². The second-order valence-electron chi connectivity index (χ2n) is 8.19. The molecule has 3 heteroatoms. The lowest BCUT2D eigenvalue weighted by atomic mass is 9.77. The summed E-state index contributed by atoms with van der Waals surface area (Å²) in [5.74, 6) is 0.999. The first-order chi connectivity index (χ1) is 10.3. The molecule has 1 N–H and O–H groups in total. The highest BCUT2D eigenvalue weighted by Crippen LogP contribution is 2.33. The van der Waals surface area contributed by atoms with Crippen molar-refractivity contribution in [3.63, 3.8) is 0 Å². The van der Waals surface area contributed by atoms with E-state index in [0.717, 1.165) is 30.1 Å². The Kier molecular flexibility index (Phi) is 4.25. The van der Waals surface area contributed by atoms with Crippen molar-refractivity contribution in [1.29, 1.82) is 0 Å². The summed E-state index contributed by atoms with van der Waals surface area (Å²) in [6.07, 6.45) is 11.6. The number of nitrogens with zero attached hydrogens (tertiary/aromatic N) is 2. The summed E-state index contributed by atoms with van der Waals surface area (Å²) in [4.78, 5) is 5.54. The minimum absolute atomic E-state index is 0.755. The van der Waals surface area contributed by atoms with E-state index in [1.54, 1.807) is 0 Å². The van der Waals surface area contributed by atoms with Crippen molar-refractivity contribution in [2.45, 2.75) is 82.5 Å². The normalized spacial score (nSPS) is 45.3. The van der Waals surface area contributed by atoms with Gasteiger partial charge >= 0.3 is 0 Å². The van der Waals surface area contributed by atoms with Crippen molar-refractivity contribution in [1.82, 2.24) is 15.1 Å². The van der Waals surface area contributed by atoms with Crippen LogP contribution in [0.1, 0.15) is 58.3 Å². The molecule has 0 aromatic rings. The Bertz CT molecular complexity index is 358. The minimum Gasteiger partial charge on any atom is -0.310 e. The lowest BCUT2D eigenvalue weighted by Crippen LogP contribution is -2.59. The molecular formula is C18H33N3. The predicted octanol–water partition coefficient (Wildman–Crippen LogP) is 2.47. The van der Waals surface area contributed by atoms with Crippen LogP contribution >= 0.6 is 0 Å². The molecule has 0 aromatic carbocycles. The second-order valence-corrected chi connectivity index (χ2v) is 8.19. The van der Waals surface area contributed by atoms with E-state index >= 15 is 0 Å². The molecule has 0 aromatic heterocycles. The summed E-state index contributed by atoms with van der Waals surface area (Å²) in [5, 5.41) is 4.03. The maximum Gasteiger partial charge on any atom is 0.0224 e.